The summed E-state index contributed by atoms with van der Waals surface area (Å²) in [6.45, 7) is 6.72. The van der Waals surface area contributed by atoms with Gasteiger partial charge in [-0.25, -0.2) is 9.97 Å². The summed E-state index contributed by atoms with van der Waals surface area (Å²) in [5.41, 5.74) is 9.70. The second kappa shape index (κ2) is 8.55. The van der Waals surface area contributed by atoms with Gasteiger partial charge in [0.25, 0.3) is 0 Å². The maximum atomic E-state index is 8.43. The molecular weight excluding hydrogens is 398 g/mol. The van der Waals surface area contributed by atoms with Crippen LogP contribution in [0.15, 0.2) is 30.0 Å². The number of nitrogens with one attached hydrogen (secondary N) is 2. The van der Waals surface area contributed by atoms with E-state index in [0.717, 1.165) is 49.2 Å². The van der Waals surface area contributed by atoms with Crippen molar-refractivity contribution in [2.24, 2.45) is 5.73 Å². The van der Waals surface area contributed by atoms with Gasteiger partial charge >= 0.3 is 0 Å². The standard InChI is InChI=1S/C22H26ClN7/c1-14(24)20-22(25)27-19-11-15(13-30-9-7-29(2)8-10-30)26-12-17(19)21(28-20)16-5-3-4-6-18(16)23/h3-6,11-12,25-26H,7-10,13,24H2,1-2H3/b20-14+,25-22?. The number of nitrogens with two attached hydrogens (primary N) is 1. The van der Waals surface area contributed by atoms with Gasteiger partial charge in [0.1, 0.15) is 5.35 Å². The van der Waals surface area contributed by atoms with E-state index in [4.69, 9.17) is 27.7 Å². The molecule has 3 heterocycles. The zero-order valence-electron chi connectivity index (χ0n) is 17.2. The van der Waals surface area contributed by atoms with Gasteiger partial charge in [-0.3, -0.25) is 10.3 Å². The lowest BCUT2D eigenvalue weighted by Crippen LogP contribution is -2.46. The van der Waals surface area contributed by atoms with Crippen LogP contribution in [0.4, 0.5) is 0 Å². The predicted molar refractivity (Wildman–Crippen MR) is 120 cm³/mol. The van der Waals surface area contributed by atoms with Gasteiger partial charge in [-0.15, -0.1) is 0 Å². The quantitative estimate of drug-likeness (QED) is 0.657. The molecule has 156 valence electrons. The van der Waals surface area contributed by atoms with Crippen LogP contribution < -0.4 is 27.1 Å². The first-order valence-electron chi connectivity index (χ1n) is 9.99. The largest absolute Gasteiger partial charge is 0.400 e. The molecule has 0 atom stereocenters. The topological polar surface area (TPSA) is 94.2 Å². The first kappa shape index (κ1) is 20.5. The summed E-state index contributed by atoms with van der Waals surface area (Å²) in [5.74, 6) is 0. The van der Waals surface area contributed by atoms with Crippen molar-refractivity contribution in [2.45, 2.75) is 6.92 Å². The number of likely N-dealkylation sites (N-methyl/N-ethyl adjacent to an activating group) is 1. The molecule has 0 spiro atoms. The highest BCUT2D eigenvalue weighted by Crippen LogP contribution is 2.23. The summed E-state index contributed by atoms with van der Waals surface area (Å²) < 4.78 is 0. The summed E-state index contributed by atoms with van der Waals surface area (Å²) in [4.78, 5) is 14.0. The molecule has 0 radical (unpaired) electrons. The molecule has 1 saturated heterocycles. The summed E-state index contributed by atoms with van der Waals surface area (Å²) in [6.07, 6.45) is 3.91. The lowest BCUT2D eigenvalue weighted by molar-refractivity contribution is 0.163. The van der Waals surface area contributed by atoms with Crippen LogP contribution in [0.5, 0.6) is 0 Å². The Morgan fingerprint density at radius 2 is 1.93 bits per heavy atom. The maximum Gasteiger partial charge on any atom is 0.173 e. The molecule has 4 rings (SSSR count). The summed E-state index contributed by atoms with van der Waals surface area (Å²) >= 11 is 6.48. The van der Waals surface area contributed by atoms with E-state index in [2.05, 4.69) is 27.1 Å². The molecule has 0 aliphatic carbocycles. The molecule has 0 unspecified atom stereocenters. The van der Waals surface area contributed by atoms with Crippen molar-refractivity contribution < 1.29 is 0 Å². The van der Waals surface area contributed by atoms with Gasteiger partial charge in [0.05, 0.1) is 11.4 Å². The summed E-state index contributed by atoms with van der Waals surface area (Å²) in [7, 11) is 2.15. The van der Waals surface area contributed by atoms with Gasteiger partial charge in [0.15, 0.2) is 5.49 Å². The monoisotopic (exact) mass is 423 g/mol. The van der Waals surface area contributed by atoms with Gasteiger partial charge < -0.3 is 16.0 Å². The minimum atomic E-state index is 0.0510. The number of rotatable bonds is 3. The van der Waals surface area contributed by atoms with Gasteiger partial charge in [0.2, 0.25) is 0 Å². The molecule has 1 aromatic carbocycles. The van der Waals surface area contributed by atoms with Gasteiger partial charge in [-0.2, -0.15) is 0 Å². The van der Waals surface area contributed by atoms with Gasteiger partial charge in [0, 0.05) is 66.1 Å². The molecule has 7 nitrogen and oxygen atoms in total. The van der Waals surface area contributed by atoms with Crippen LogP contribution in [0, 0.1) is 5.41 Å². The van der Waals surface area contributed by atoms with E-state index in [1.165, 1.54) is 0 Å². The van der Waals surface area contributed by atoms with Crippen molar-refractivity contribution in [3.8, 4) is 11.3 Å². The molecule has 1 fully saturated rings. The highest BCUT2D eigenvalue weighted by molar-refractivity contribution is 6.33. The fourth-order valence-electron chi connectivity index (χ4n) is 3.68. The Hall–Kier alpha value is -2.74. The van der Waals surface area contributed by atoms with Crippen LogP contribution in [-0.4, -0.2) is 59.5 Å². The fraction of sp³-hybridized carbons (Fsp3) is 0.318. The van der Waals surface area contributed by atoms with Crippen molar-refractivity contribution in [1.29, 1.82) is 5.41 Å². The van der Waals surface area contributed by atoms with E-state index >= 15 is 0 Å². The van der Waals surface area contributed by atoms with E-state index in [-0.39, 0.29) is 5.49 Å². The zero-order valence-corrected chi connectivity index (χ0v) is 18.0. The smallest absolute Gasteiger partial charge is 0.173 e. The average molecular weight is 424 g/mol. The average Bonchev–Trinajstić information content (AvgIpc) is 2.86. The molecule has 2 aromatic rings. The number of aromatic nitrogens is 2. The second-order valence-corrected chi connectivity index (χ2v) is 8.18. The molecule has 2 aliphatic rings. The SMILES string of the molecule is C/C(N)=c1\nc(-c2ccccc2Cl)c2c(nc1=N)C=C(CN1CCN(C)CC1)NC=2. The van der Waals surface area contributed by atoms with Crippen molar-refractivity contribution in [2.75, 3.05) is 39.8 Å². The molecule has 4 N–H and O–H groups in total. The third kappa shape index (κ3) is 4.23. The van der Waals surface area contributed by atoms with Crippen LogP contribution in [0.3, 0.4) is 0 Å². The molecule has 0 bridgehead atoms. The van der Waals surface area contributed by atoms with Crippen LogP contribution in [-0.2, 0) is 0 Å². The Morgan fingerprint density at radius 1 is 1.20 bits per heavy atom. The fourth-order valence-corrected chi connectivity index (χ4v) is 3.90. The first-order chi connectivity index (χ1) is 14.4. The number of hydrogen-bond donors (Lipinski definition) is 3. The first-order valence-corrected chi connectivity index (χ1v) is 10.4. The van der Waals surface area contributed by atoms with E-state index < -0.39 is 0 Å². The number of nitrogens with zero attached hydrogens (tertiary/aromatic N) is 4. The van der Waals surface area contributed by atoms with Crippen LogP contribution in [0.25, 0.3) is 29.2 Å². The molecular formula is C22H26ClN7. The zero-order chi connectivity index (χ0) is 21.3. The highest BCUT2D eigenvalue weighted by atomic mass is 35.5. The lowest BCUT2D eigenvalue weighted by atomic mass is 10.1. The Bertz CT molecular complexity index is 1180. The van der Waals surface area contributed by atoms with Crippen LogP contribution in [0.2, 0.25) is 5.02 Å². The molecule has 30 heavy (non-hydrogen) atoms. The molecule has 8 heteroatoms. The normalized spacial score (nSPS) is 18.0. The highest BCUT2D eigenvalue weighted by Gasteiger charge is 2.17. The minimum Gasteiger partial charge on any atom is -0.400 e. The van der Waals surface area contributed by atoms with E-state index in [9.17, 15) is 0 Å². The van der Waals surface area contributed by atoms with Gasteiger partial charge in [-0.05, 0) is 26.1 Å². The van der Waals surface area contributed by atoms with Gasteiger partial charge in [-0.1, -0.05) is 29.8 Å². The molecule has 0 saturated carbocycles. The second-order valence-electron chi connectivity index (χ2n) is 7.77. The number of piperazine rings is 1. The van der Waals surface area contributed by atoms with E-state index in [1.807, 2.05) is 36.5 Å². The maximum absolute atomic E-state index is 8.43. The lowest BCUT2D eigenvalue weighted by Gasteiger charge is -2.33. The summed E-state index contributed by atoms with van der Waals surface area (Å²) in [6, 6.07) is 7.55. The number of fused-ring (bicyclic) bond motifs is 1. The van der Waals surface area contributed by atoms with Crippen molar-refractivity contribution >= 4 is 29.6 Å². The third-order valence-corrected chi connectivity index (χ3v) is 5.75. The third-order valence-electron chi connectivity index (χ3n) is 5.42. The number of halogens is 1. The Labute approximate surface area is 180 Å². The Morgan fingerprint density at radius 3 is 2.63 bits per heavy atom. The van der Waals surface area contributed by atoms with E-state index in [1.54, 1.807) is 6.92 Å². The van der Waals surface area contributed by atoms with E-state index in [0.29, 0.717) is 27.5 Å². The van der Waals surface area contributed by atoms with Crippen molar-refractivity contribution in [3.05, 3.63) is 56.7 Å². The van der Waals surface area contributed by atoms with Crippen LogP contribution >= 0.6 is 11.6 Å². The summed E-state index contributed by atoms with van der Waals surface area (Å²) in [5, 5.41) is 13.6. The Balaban J connectivity index is 1.84. The van der Waals surface area contributed by atoms with Crippen molar-refractivity contribution in [1.82, 2.24) is 25.1 Å². The van der Waals surface area contributed by atoms with Crippen molar-refractivity contribution in [3.63, 3.8) is 0 Å². The van der Waals surface area contributed by atoms with Crippen LogP contribution in [0.1, 0.15) is 12.6 Å². The minimum absolute atomic E-state index is 0.0510. The Kier molecular flexibility index (Phi) is 5.85. The predicted octanol–water partition coefficient (Wildman–Crippen LogP) is 0.293. The molecule has 2 aliphatic heterocycles. The molecule has 1 aromatic heterocycles. The molecule has 0 amide bonds. The number of hydrogen-bond acceptors (Lipinski definition) is 7. The number of benzene rings is 1.